The zero-order chi connectivity index (χ0) is 21.3. The van der Waals surface area contributed by atoms with E-state index < -0.39 is 0 Å². The van der Waals surface area contributed by atoms with Crippen molar-refractivity contribution < 1.29 is 4.74 Å². The van der Waals surface area contributed by atoms with Crippen LogP contribution in [-0.4, -0.2) is 37.1 Å². The molecule has 0 bridgehead atoms. The third-order valence-corrected chi connectivity index (χ3v) is 5.02. The van der Waals surface area contributed by atoms with Crippen molar-refractivity contribution in [1.82, 2.24) is 9.66 Å². The van der Waals surface area contributed by atoms with Gasteiger partial charge in [0.1, 0.15) is 11.6 Å². The van der Waals surface area contributed by atoms with E-state index in [-0.39, 0.29) is 11.0 Å². The second-order valence-electron chi connectivity index (χ2n) is 8.03. The Morgan fingerprint density at radius 1 is 1.17 bits per heavy atom. The van der Waals surface area contributed by atoms with Gasteiger partial charge in [0.2, 0.25) is 0 Å². The molecule has 2 aromatic carbocycles. The molecule has 0 spiro atoms. The van der Waals surface area contributed by atoms with Crippen molar-refractivity contribution in [3.05, 3.63) is 62.6 Å². The van der Waals surface area contributed by atoms with Crippen LogP contribution in [0.25, 0.3) is 10.9 Å². The largest absolute Gasteiger partial charge is 0.496 e. The van der Waals surface area contributed by atoms with Gasteiger partial charge in [-0.3, -0.25) is 4.79 Å². The summed E-state index contributed by atoms with van der Waals surface area (Å²) in [6, 6.07) is 11.3. The summed E-state index contributed by atoms with van der Waals surface area (Å²) in [6.07, 6.45) is 1.64. The van der Waals surface area contributed by atoms with E-state index in [1.54, 1.807) is 19.4 Å². The third kappa shape index (κ3) is 4.34. The molecule has 1 heterocycles. The highest BCUT2D eigenvalue weighted by Crippen LogP contribution is 2.25. The topological polar surface area (TPSA) is 59.7 Å². The number of benzene rings is 2. The van der Waals surface area contributed by atoms with E-state index in [4.69, 9.17) is 9.72 Å². The van der Waals surface area contributed by atoms with Crippen molar-refractivity contribution in [2.45, 2.75) is 26.2 Å². The maximum absolute atomic E-state index is 13.2. The molecular weight excluding hydrogens is 432 g/mol. The minimum atomic E-state index is -0.364. The molecule has 0 atom stereocenters. The van der Waals surface area contributed by atoms with Gasteiger partial charge in [0.25, 0.3) is 5.56 Å². The second-order valence-corrected chi connectivity index (χ2v) is 8.94. The van der Waals surface area contributed by atoms with E-state index in [0.29, 0.717) is 22.5 Å². The van der Waals surface area contributed by atoms with E-state index >= 15 is 0 Å². The Hall–Kier alpha value is -2.67. The molecule has 0 N–H and O–H groups in total. The molecule has 7 heteroatoms. The molecule has 1 aromatic heterocycles. The second kappa shape index (κ2) is 7.99. The number of nitrogens with zero attached hydrogens (tertiary/aromatic N) is 4. The third-order valence-electron chi connectivity index (χ3n) is 4.52. The van der Waals surface area contributed by atoms with Crippen molar-refractivity contribution in [1.29, 1.82) is 0 Å². The van der Waals surface area contributed by atoms with E-state index in [9.17, 15) is 4.79 Å². The number of rotatable bonds is 4. The summed E-state index contributed by atoms with van der Waals surface area (Å²) in [5.74, 6) is 1.28. The molecular formula is C22H25BrN4O2. The quantitative estimate of drug-likeness (QED) is 0.545. The van der Waals surface area contributed by atoms with Gasteiger partial charge in [-0.05, 0) is 30.3 Å². The number of halogens is 1. The van der Waals surface area contributed by atoms with Gasteiger partial charge in [-0.25, -0.2) is 4.98 Å². The summed E-state index contributed by atoms with van der Waals surface area (Å²) in [5.41, 5.74) is 1.88. The standard InChI is InChI=1S/C22H25BrN4O2/c1-22(2,3)21-25-18-10-8-15(23)11-17(18)20(28)27(21)24-13-14-7-9-16(26(4)5)12-19(14)29-6/h7-13H,1-6H3. The Morgan fingerprint density at radius 3 is 2.52 bits per heavy atom. The minimum absolute atomic E-state index is 0.207. The fourth-order valence-corrected chi connectivity index (χ4v) is 3.31. The van der Waals surface area contributed by atoms with E-state index in [1.807, 2.05) is 70.1 Å². The molecule has 0 radical (unpaired) electrons. The summed E-state index contributed by atoms with van der Waals surface area (Å²) in [7, 11) is 5.56. The molecule has 0 aliphatic rings. The highest BCUT2D eigenvalue weighted by atomic mass is 79.9. The Labute approximate surface area is 179 Å². The van der Waals surface area contributed by atoms with Crippen LogP contribution >= 0.6 is 15.9 Å². The minimum Gasteiger partial charge on any atom is -0.496 e. The van der Waals surface area contributed by atoms with Crippen LogP contribution in [0.15, 0.2) is 50.8 Å². The van der Waals surface area contributed by atoms with Gasteiger partial charge < -0.3 is 9.64 Å². The van der Waals surface area contributed by atoms with Gasteiger partial charge >= 0.3 is 0 Å². The molecule has 6 nitrogen and oxygen atoms in total. The Balaban J connectivity index is 2.19. The zero-order valence-corrected chi connectivity index (χ0v) is 19.1. The average molecular weight is 457 g/mol. The molecule has 0 aliphatic carbocycles. The van der Waals surface area contributed by atoms with Crippen LogP contribution in [0, 0.1) is 0 Å². The monoisotopic (exact) mass is 456 g/mol. The number of methoxy groups -OCH3 is 1. The highest BCUT2D eigenvalue weighted by molar-refractivity contribution is 9.10. The summed E-state index contributed by atoms with van der Waals surface area (Å²) >= 11 is 3.43. The van der Waals surface area contributed by atoms with Gasteiger partial charge in [0.15, 0.2) is 0 Å². The van der Waals surface area contributed by atoms with E-state index in [1.165, 1.54) is 4.68 Å². The molecule has 3 rings (SSSR count). The number of fused-ring (bicyclic) bond motifs is 1. The van der Waals surface area contributed by atoms with Crippen LogP contribution in [-0.2, 0) is 5.41 Å². The fraction of sp³-hybridized carbons (Fsp3) is 0.318. The molecule has 0 saturated heterocycles. The lowest BCUT2D eigenvalue weighted by atomic mass is 9.95. The predicted octanol–water partition coefficient (Wildman–Crippen LogP) is 4.41. The summed E-state index contributed by atoms with van der Waals surface area (Å²) < 4.78 is 7.72. The number of ether oxygens (including phenoxy) is 1. The Kier molecular flexibility index (Phi) is 5.80. The van der Waals surface area contributed by atoms with E-state index in [0.717, 1.165) is 15.7 Å². The summed E-state index contributed by atoms with van der Waals surface area (Å²) in [6.45, 7) is 6.04. The van der Waals surface area contributed by atoms with Gasteiger partial charge in [0.05, 0.1) is 24.2 Å². The fourth-order valence-electron chi connectivity index (χ4n) is 2.95. The SMILES string of the molecule is COc1cc(N(C)C)ccc1C=Nn1c(C(C)(C)C)nc2ccc(Br)cc2c1=O. The normalized spacial score (nSPS) is 12.0. The maximum Gasteiger partial charge on any atom is 0.282 e. The number of hydrogen-bond donors (Lipinski definition) is 0. The summed E-state index contributed by atoms with van der Waals surface area (Å²) in [5, 5.41) is 5.03. The van der Waals surface area contributed by atoms with Gasteiger partial charge in [-0.1, -0.05) is 36.7 Å². The summed E-state index contributed by atoms with van der Waals surface area (Å²) in [4.78, 5) is 19.9. The zero-order valence-electron chi connectivity index (χ0n) is 17.5. The number of hydrogen-bond acceptors (Lipinski definition) is 5. The highest BCUT2D eigenvalue weighted by Gasteiger charge is 2.23. The smallest absolute Gasteiger partial charge is 0.282 e. The molecule has 152 valence electrons. The Bertz CT molecular complexity index is 1140. The van der Waals surface area contributed by atoms with Crippen LogP contribution in [0.2, 0.25) is 0 Å². The molecule has 0 saturated carbocycles. The molecule has 0 aliphatic heterocycles. The van der Waals surface area contributed by atoms with Crippen LogP contribution in [0.3, 0.4) is 0 Å². The molecule has 29 heavy (non-hydrogen) atoms. The van der Waals surface area contributed by atoms with Crippen molar-refractivity contribution in [3.8, 4) is 5.75 Å². The lowest BCUT2D eigenvalue weighted by Gasteiger charge is -2.21. The van der Waals surface area contributed by atoms with Gasteiger partial charge in [-0.2, -0.15) is 9.78 Å². The predicted molar refractivity (Wildman–Crippen MR) is 123 cm³/mol. The van der Waals surface area contributed by atoms with Crippen LogP contribution in [0.1, 0.15) is 32.2 Å². The maximum atomic E-state index is 13.2. The first-order valence-corrected chi connectivity index (χ1v) is 10.0. The molecule has 3 aromatic rings. The lowest BCUT2D eigenvalue weighted by molar-refractivity contribution is 0.414. The molecule has 0 amide bonds. The number of anilines is 1. The number of aromatic nitrogens is 2. The lowest BCUT2D eigenvalue weighted by Crippen LogP contribution is -2.29. The van der Waals surface area contributed by atoms with E-state index in [2.05, 4.69) is 21.0 Å². The molecule has 0 unspecified atom stereocenters. The van der Waals surface area contributed by atoms with Gasteiger partial charge in [0, 0.05) is 41.3 Å². The van der Waals surface area contributed by atoms with Crippen molar-refractivity contribution >= 4 is 38.7 Å². The first-order valence-electron chi connectivity index (χ1n) is 9.24. The van der Waals surface area contributed by atoms with Crippen molar-refractivity contribution in [3.63, 3.8) is 0 Å². The van der Waals surface area contributed by atoms with Crippen LogP contribution in [0.4, 0.5) is 5.69 Å². The average Bonchev–Trinajstić information content (AvgIpc) is 2.66. The van der Waals surface area contributed by atoms with Crippen LogP contribution < -0.4 is 15.2 Å². The van der Waals surface area contributed by atoms with Crippen LogP contribution in [0.5, 0.6) is 5.75 Å². The first kappa shape index (κ1) is 21.0. The van der Waals surface area contributed by atoms with Crippen molar-refractivity contribution in [2.24, 2.45) is 5.10 Å². The Morgan fingerprint density at radius 2 is 1.90 bits per heavy atom. The van der Waals surface area contributed by atoms with Gasteiger partial charge in [-0.15, -0.1) is 0 Å². The van der Waals surface area contributed by atoms with Crippen molar-refractivity contribution in [2.75, 3.05) is 26.1 Å². The molecule has 0 fully saturated rings. The first-order chi connectivity index (χ1) is 13.6.